The van der Waals surface area contributed by atoms with Crippen molar-refractivity contribution in [3.63, 3.8) is 0 Å². The van der Waals surface area contributed by atoms with Gasteiger partial charge in [0.25, 0.3) is 0 Å². The molecular weight excluding hydrogens is 416 g/mol. The van der Waals surface area contributed by atoms with E-state index in [-0.39, 0.29) is 24.5 Å². The SMILES string of the molecule is O=C(O)C(F)(F)F.O=C(O)[C@@H]1CO[C@@H]2CN(C(=O)C3(c4ccc(F)cn4)CC3)C[C@@H]21. The molecule has 2 saturated heterocycles. The van der Waals surface area contributed by atoms with Gasteiger partial charge in [0.2, 0.25) is 5.91 Å². The van der Waals surface area contributed by atoms with Gasteiger partial charge in [-0.1, -0.05) is 0 Å². The summed E-state index contributed by atoms with van der Waals surface area (Å²) in [5.74, 6) is -4.78. The van der Waals surface area contributed by atoms with Crippen molar-refractivity contribution in [1.82, 2.24) is 9.88 Å². The monoisotopic (exact) mass is 434 g/mol. The molecular formula is C18H18F4N2O6. The fourth-order valence-electron chi connectivity index (χ4n) is 3.80. The second kappa shape index (κ2) is 7.82. The van der Waals surface area contributed by atoms with Gasteiger partial charge in [0, 0.05) is 19.0 Å². The van der Waals surface area contributed by atoms with Crippen LogP contribution in [-0.4, -0.2) is 69.9 Å². The van der Waals surface area contributed by atoms with Gasteiger partial charge >= 0.3 is 18.1 Å². The van der Waals surface area contributed by atoms with E-state index in [0.29, 0.717) is 31.6 Å². The minimum absolute atomic E-state index is 0.0428. The summed E-state index contributed by atoms with van der Waals surface area (Å²) in [7, 11) is 0. The Labute approximate surface area is 167 Å². The van der Waals surface area contributed by atoms with Crippen molar-refractivity contribution in [2.24, 2.45) is 11.8 Å². The number of likely N-dealkylation sites (tertiary alicyclic amines) is 1. The Hall–Kier alpha value is -2.76. The number of ether oxygens (including phenoxy) is 1. The normalized spacial score (nSPS) is 26.4. The number of alkyl halides is 3. The Morgan fingerprint density at radius 2 is 1.80 bits per heavy atom. The van der Waals surface area contributed by atoms with E-state index in [9.17, 15) is 32.3 Å². The van der Waals surface area contributed by atoms with E-state index in [4.69, 9.17) is 14.6 Å². The summed E-state index contributed by atoms with van der Waals surface area (Å²) in [6.45, 7) is 1.05. The van der Waals surface area contributed by atoms with Crippen LogP contribution in [0.3, 0.4) is 0 Å². The van der Waals surface area contributed by atoms with E-state index >= 15 is 0 Å². The van der Waals surface area contributed by atoms with E-state index in [1.807, 2.05) is 0 Å². The van der Waals surface area contributed by atoms with Gasteiger partial charge in [0.1, 0.15) is 5.82 Å². The first-order chi connectivity index (χ1) is 14.0. The zero-order valence-corrected chi connectivity index (χ0v) is 15.4. The average molecular weight is 434 g/mol. The van der Waals surface area contributed by atoms with Crippen molar-refractivity contribution >= 4 is 17.8 Å². The first-order valence-electron chi connectivity index (χ1n) is 9.01. The molecule has 1 aromatic heterocycles. The lowest BCUT2D eigenvalue weighted by atomic mass is 9.93. The molecule has 0 bridgehead atoms. The first-order valence-corrected chi connectivity index (χ1v) is 9.01. The molecule has 1 aromatic rings. The lowest BCUT2D eigenvalue weighted by Crippen LogP contribution is -2.40. The van der Waals surface area contributed by atoms with Crippen molar-refractivity contribution in [2.45, 2.75) is 30.5 Å². The Morgan fingerprint density at radius 1 is 1.17 bits per heavy atom. The Morgan fingerprint density at radius 3 is 2.27 bits per heavy atom. The quantitative estimate of drug-likeness (QED) is 0.692. The number of nitrogens with zero attached hydrogens (tertiary/aromatic N) is 2. The van der Waals surface area contributed by atoms with Crippen molar-refractivity contribution in [3.05, 3.63) is 29.8 Å². The summed E-state index contributed by atoms with van der Waals surface area (Å²) in [5, 5.41) is 16.4. The highest BCUT2D eigenvalue weighted by molar-refractivity contribution is 5.91. The number of hydrogen-bond donors (Lipinski definition) is 2. The molecule has 1 amide bonds. The van der Waals surface area contributed by atoms with E-state index < -0.39 is 35.3 Å². The molecule has 3 atom stereocenters. The van der Waals surface area contributed by atoms with Crippen molar-refractivity contribution in [2.75, 3.05) is 19.7 Å². The highest BCUT2D eigenvalue weighted by Gasteiger charge is 2.57. The molecule has 0 unspecified atom stereocenters. The number of pyridine rings is 1. The summed E-state index contributed by atoms with van der Waals surface area (Å²) in [4.78, 5) is 38.8. The summed E-state index contributed by atoms with van der Waals surface area (Å²) in [6, 6.07) is 2.88. The molecule has 164 valence electrons. The number of rotatable bonds is 3. The van der Waals surface area contributed by atoms with Gasteiger partial charge in [0.05, 0.1) is 35.9 Å². The van der Waals surface area contributed by atoms with Gasteiger partial charge in [0.15, 0.2) is 0 Å². The van der Waals surface area contributed by atoms with Crippen molar-refractivity contribution in [3.8, 4) is 0 Å². The molecule has 3 heterocycles. The molecule has 3 aliphatic rings. The third-order valence-electron chi connectivity index (χ3n) is 5.54. The number of aliphatic carboxylic acids is 2. The molecule has 2 aliphatic heterocycles. The fourth-order valence-corrected chi connectivity index (χ4v) is 3.80. The molecule has 8 nitrogen and oxygen atoms in total. The number of aromatic nitrogens is 1. The van der Waals surface area contributed by atoms with E-state index in [1.165, 1.54) is 6.07 Å². The maximum Gasteiger partial charge on any atom is 0.490 e. The molecule has 3 fully saturated rings. The van der Waals surface area contributed by atoms with Crippen LogP contribution in [0.5, 0.6) is 0 Å². The smallest absolute Gasteiger partial charge is 0.481 e. The predicted molar refractivity (Wildman–Crippen MR) is 89.7 cm³/mol. The largest absolute Gasteiger partial charge is 0.490 e. The number of carbonyl (C=O) groups is 3. The molecule has 0 aromatic carbocycles. The number of fused-ring (bicyclic) bond motifs is 1. The molecule has 4 rings (SSSR count). The number of halogens is 4. The Bertz CT molecular complexity index is 840. The minimum Gasteiger partial charge on any atom is -0.481 e. The van der Waals surface area contributed by atoms with Crippen LogP contribution in [0.15, 0.2) is 18.3 Å². The van der Waals surface area contributed by atoms with Crippen LogP contribution in [0.25, 0.3) is 0 Å². The van der Waals surface area contributed by atoms with E-state index in [2.05, 4.69) is 4.98 Å². The number of amides is 1. The Kier molecular flexibility index (Phi) is 5.72. The highest BCUT2D eigenvalue weighted by Crippen LogP contribution is 2.50. The summed E-state index contributed by atoms with van der Waals surface area (Å²) in [6.07, 6.45) is -2.76. The van der Waals surface area contributed by atoms with Crippen LogP contribution in [0.4, 0.5) is 17.6 Å². The van der Waals surface area contributed by atoms with Gasteiger partial charge in [-0.3, -0.25) is 14.6 Å². The van der Waals surface area contributed by atoms with Gasteiger partial charge in [-0.2, -0.15) is 13.2 Å². The summed E-state index contributed by atoms with van der Waals surface area (Å²) >= 11 is 0. The van der Waals surface area contributed by atoms with Crippen LogP contribution in [-0.2, 0) is 24.5 Å². The average Bonchev–Trinajstić information content (AvgIpc) is 3.20. The molecule has 0 radical (unpaired) electrons. The third kappa shape index (κ3) is 4.23. The van der Waals surface area contributed by atoms with Gasteiger partial charge in [-0.05, 0) is 25.0 Å². The maximum absolute atomic E-state index is 13.0. The lowest BCUT2D eigenvalue weighted by Gasteiger charge is -2.24. The van der Waals surface area contributed by atoms with E-state index in [1.54, 1.807) is 11.0 Å². The molecule has 12 heteroatoms. The van der Waals surface area contributed by atoms with Crippen molar-refractivity contribution in [1.29, 1.82) is 0 Å². The van der Waals surface area contributed by atoms with Crippen LogP contribution >= 0.6 is 0 Å². The van der Waals surface area contributed by atoms with Gasteiger partial charge in [-0.25, -0.2) is 9.18 Å². The Balaban J connectivity index is 0.000000318. The third-order valence-corrected chi connectivity index (χ3v) is 5.54. The number of hydrogen-bond acceptors (Lipinski definition) is 5. The van der Waals surface area contributed by atoms with Crippen LogP contribution in [0.1, 0.15) is 18.5 Å². The molecule has 1 aliphatic carbocycles. The highest BCUT2D eigenvalue weighted by atomic mass is 19.4. The maximum atomic E-state index is 13.0. The number of carboxylic acids is 2. The number of carboxylic acid groups (broad SMARTS) is 2. The first kappa shape index (κ1) is 21.9. The number of carbonyl (C=O) groups excluding carboxylic acids is 1. The molecule has 1 saturated carbocycles. The standard InChI is InChI=1S/C16H17FN2O4.C2HF3O2/c17-9-1-2-13(18-5-9)16(3-4-16)15(22)19-6-10-11(14(20)21)8-23-12(10)7-19;3-2(4,5)1(6)7/h1-2,5,10-12H,3-4,6-8H2,(H,20,21);(H,6,7)/t10-,11-,12-;/m1./s1. The van der Waals surface area contributed by atoms with Crippen LogP contribution in [0, 0.1) is 17.7 Å². The minimum atomic E-state index is -5.08. The topological polar surface area (TPSA) is 117 Å². The second-order valence-corrected chi connectivity index (χ2v) is 7.44. The second-order valence-electron chi connectivity index (χ2n) is 7.44. The predicted octanol–water partition coefficient (Wildman–Crippen LogP) is 1.44. The fraction of sp³-hybridized carbons (Fsp3) is 0.556. The molecule has 2 N–H and O–H groups in total. The van der Waals surface area contributed by atoms with Crippen LogP contribution in [0.2, 0.25) is 0 Å². The van der Waals surface area contributed by atoms with Gasteiger partial charge in [-0.15, -0.1) is 0 Å². The lowest BCUT2D eigenvalue weighted by molar-refractivity contribution is -0.192. The van der Waals surface area contributed by atoms with E-state index in [0.717, 1.165) is 6.20 Å². The van der Waals surface area contributed by atoms with Crippen molar-refractivity contribution < 1.29 is 46.9 Å². The summed E-state index contributed by atoms with van der Waals surface area (Å²) in [5.41, 5.74) is -0.0675. The summed E-state index contributed by atoms with van der Waals surface area (Å²) < 4.78 is 50.3. The zero-order valence-electron chi connectivity index (χ0n) is 15.4. The zero-order chi connectivity index (χ0) is 22.3. The molecule has 30 heavy (non-hydrogen) atoms. The van der Waals surface area contributed by atoms with Gasteiger partial charge < -0.3 is 19.8 Å². The molecule has 0 spiro atoms. The van der Waals surface area contributed by atoms with Crippen LogP contribution < -0.4 is 0 Å².